The van der Waals surface area contributed by atoms with E-state index in [2.05, 4.69) is 35.5 Å². The van der Waals surface area contributed by atoms with Crippen LogP contribution in [0.15, 0.2) is 0 Å². The number of likely N-dealkylation sites (N-methyl/N-ethyl adjacent to an activating group) is 1. The Morgan fingerprint density at radius 1 is 0.462 bits per heavy atom. The molecule has 0 unspecified atom stereocenters. The lowest BCUT2D eigenvalue weighted by molar-refractivity contribution is 0.212. The van der Waals surface area contributed by atoms with Crippen LogP contribution in [0, 0.1) is 0 Å². The van der Waals surface area contributed by atoms with Crippen molar-refractivity contribution in [3.63, 3.8) is 0 Å². The Hall–Kier alpha value is -0.200. The number of unbranched alkanes of at least 4 members (excludes halogenated alkanes) is 5. The van der Waals surface area contributed by atoms with E-state index in [1.165, 1.54) is 64.6 Å². The van der Waals surface area contributed by atoms with E-state index in [0.717, 1.165) is 52.4 Å². The lowest BCUT2D eigenvalue weighted by atomic mass is 10.2. The highest BCUT2D eigenvalue weighted by molar-refractivity contribution is 4.64. The molecule has 0 atom stereocenters. The standard InChI is InChI=1S/C21H49N5/c1-4-7-8-10-15-25(18-13-22)16-11-9-12-17-26(19-14-23)21-20-24(5-2)6-3/h4-23H2,1-3H3. The van der Waals surface area contributed by atoms with E-state index in [4.69, 9.17) is 11.5 Å². The van der Waals surface area contributed by atoms with Crippen molar-refractivity contribution in [1.82, 2.24) is 14.7 Å². The lowest BCUT2D eigenvalue weighted by Gasteiger charge is -2.26. The van der Waals surface area contributed by atoms with E-state index in [-0.39, 0.29) is 0 Å². The van der Waals surface area contributed by atoms with Crippen molar-refractivity contribution in [1.29, 1.82) is 0 Å². The third kappa shape index (κ3) is 14.9. The number of rotatable bonds is 20. The number of nitrogens with zero attached hydrogens (tertiary/aromatic N) is 3. The van der Waals surface area contributed by atoms with Crippen LogP contribution in [0.3, 0.4) is 0 Å². The van der Waals surface area contributed by atoms with Crippen molar-refractivity contribution in [2.45, 2.75) is 65.7 Å². The Bertz CT molecular complexity index is 271. The average molecular weight is 372 g/mol. The van der Waals surface area contributed by atoms with Crippen molar-refractivity contribution < 1.29 is 0 Å². The summed E-state index contributed by atoms with van der Waals surface area (Å²) < 4.78 is 0. The third-order valence-electron chi connectivity index (χ3n) is 5.29. The highest BCUT2D eigenvalue weighted by Gasteiger charge is 2.07. The fourth-order valence-corrected chi connectivity index (χ4v) is 3.47. The van der Waals surface area contributed by atoms with Crippen molar-refractivity contribution in [2.75, 3.05) is 72.0 Å². The van der Waals surface area contributed by atoms with Crippen LogP contribution in [0.25, 0.3) is 0 Å². The van der Waals surface area contributed by atoms with Crippen LogP contribution in [0.1, 0.15) is 65.7 Å². The van der Waals surface area contributed by atoms with E-state index in [0.29, 0.717) is 0 Å². The molecule has 0 saturated carbocycles. The maximum atomic E-state index is 5.80. The van der Waals surface area contributed by atoms with E-state index in [9.17, 15) is 0 Å². The molecular formula is C21H49N5. The molecule has 0 amide bonds. The van der Waals surface area contributed by atoms with E-state index < -0.39 is 0 Å². The molecular weight excluding hydrogens is 322 g/mol. The normalized spacial score (nSPS) is 12.0. The lowest BCUT2D eigenvalue weighted by Crippen LogP contribution is -2.38. The van der Waals surface area contributed by atoms with Gasteiger partial charge in [-0.2, -0.15) is 0 Å². The summed E-state index contributed by atoms with van der Waals surface area (Å²) in [6.45, 7) is 18.6. The minimum Gasteiger partial charge on any atom is -0.329 e. The van der Waals surface area contributed by atoms with Crippen molar-refractivity contribution in [3.05, 3.63) is 0 Å². The predicted molar refractivity (Wildman–Crippen MR) is 117 cm³/mol. The second-order valence-corrected chi connectivity index (χ2v) is 7.41. The number of hydrogen-bond acceptors (Lipinski definition) is 5. The van der Waals surface area contributed by atoms with Crippen LogP contribution in [-0.2, 0) is 0 Å². The average Bonchev–Trinajstić information content (AvgIpc) is 2.65. The molecule has 0 fully saturated rings. The molecule has 0 rings (SSSR count). The Balaban J connectivity index is 3.90. The van der Waals surface area contributed by atoms with Gasteiger partial charge in [0, 0.05) is 39.3 Å². The molecule has 4 N–H and O–H groups in total. The van der Waals surface area contributed by atoms with Crippen LogP contribution < -0.4 is 11.5 Å². The van der Waals surface area contributed by atoms with Gasteiger partial charge in [-0.05, 0) is 52.0 Å². The Morgan fingerprint density at radius 3 is 1.31 bits per heavy atom. The minimum absolute atomic E-state index is 0.764. The maximum absolute atomic E-state index is 5.80. The molecule has 0 heterocycles. The van der Waals surface area contributed by atoms with Gasteiger partial charge < -0.3 is 26.2 Å². The molecule has 0 aromatic carbocycles. The molecule has 158 valence electrons. The Labute approximate surface area is 164 Å². The molecule has 5 nitrogen and oxygen atoms in total. The highest BCUT2D eigenvalue weighted by Crippen LogP contribution is 2.05. The molecule has 0 radical (unpaired) electrons. The van der Waals surface area contributed by atoms with Gasteiger partial charge in [-0.15, -0.1) is 0 Å². The first-order valence-electron chi connectivity index (χ1n) is 11.3. The van der Waals surface area contributed by atoms with Crippen LogP contribution in [-0.4, -0.2) is 86.7 Å². The second kappa shape index (κ2) is 19.6. The van der Waals surface area contributed by atoms with Gasteiger partial charge in [0.1, 0.15) is 0 Å². The summed E-state index contributed by atoms with van der Waals surface area (Å²) in [6.07, 6.45) is 9.24. The van der Waals surface area contributed by atoms with Crippen LogP contribution >= 0.6 is 0 Å². The summed E-state index contributed by atoms with van der Waals surface area (Å²) in [5.41, 5.74) is 11.6. The van der Waals surface area contributed by atoms with E-state index >= 15 is 0 Å². The van der Waals surface area contributed by atoms with Crippen LogP contribution in [0.4, 0.5) is 0 Å². The van der Waals surface area contributed by atoms with Gasteiger partial charge in [0.2, 0.25) is 0 Å². The maximum Gasteiger partial charge on any atom is 0.0110 e. The quantitative estimate of drug-likeness (QED) is 0.322. The first kappa shape index (κ1) is 25.8. The summed E-state index contributed by atoms with van der Waals surface area (Å²) in [4.78, 5) is 7.60. The summed E-state index contributed by atoms with van der Waals surface area (Å²) in [5.74, 6) is 0. The molecule has 0 saturated heterocycles. The largest absolute Gasteiger partial charge is 0.329 e. The Morgan fingerprint density at radius 2 is 0.885 bits per heavy atom. The summed E-state index contributed by atoms with van der Waals surface area (Å²) in [7, 11) is 0. The summed E-state index contributed by atoms with van der Waals surface area (Å²) >= 11 is 0. The minimum atomic E-state index is 0.764. The number of hydrogen-bond donors (Lipinski definition) is 2. The van der Waals surface area contributed by atoms with E-state index in [1.807, 2.05) is 0 Å². The predicted octanol–water partition coefficient (Wildman–Crippen LogP) is 2.60. The van der Waals surface area contributed by atoms with Crippen molar-refractivity contribution in [3.8, 4) is 0 Å². The SMILES string of the molecule is CCCCCCN(CCN)CCCCCN(CCN)CCN(CC)CC. The third-order valence-corrected chi connectivity index (χ3v) is 5.29. The summed E-state index contributed by atoms with van der Waals surface area (Å²) in [6, 6.07) is 0. The van der Waals surface area contributed by atoms with Gasteiger partial charge in [-0.1, -0.05) is 46.5 Å². The first-order valence-corrected chi connectivity index (χ1v) is 11.3. The van der Waals surface area contributed by atoms with Crippen LogP contribution in [0.5, 0.6) is 0 Å². The topological polar surface area (TPSA) is 61.8 Å². The molecule has 5 heteroatoms. The monoisotopic (exact) mass is 371 g/mol. The molecule has 0 aromatic rings. The zero-order valence-electron chi connectivity index (χ0n) is 18.2. The number of nitrogens with two attached hydrogens (primary N) is 2. The smallest absolute Gasteiger partial charge is 0.0110 e. The van der Waals surface area contributed by atoms with Crippen molar-refractivity contribution >= 4 is 0 Å². The molecule has 0 aliphatic rings. The molecule has 0 aromatic heterocycles. The fraction of sp³-hybridized carbons (Fsp3) is 1.00. The highest BCUT2D eigenvalue weighted by atomic mass is 15.2. The zero-order chi connectivity index (χ0) is 19.5. The summed E-state index contributed by atoms with van der Waals surface area (Å²) in [5, 5.41) is 0. The second-order valence-electron chi connectivity index (χ2n) is 7.41. The van der Waals surface area contributed by atoms with Gasteiger partial charge in [0.05, 0.1) is 0 Å². The molecule has 0 spiro atoms. The van der Waals surface area contributed by atoms with Gasteiger partial charge in [-0.25, -0.2) is 0 Å². The molecule has 0 aliphatic carbocycles. The zero-order valence-corrected chi connectivity index (χ0v) is 18.2. The molecule has 0 aliphatic heterocycles. The Kier molecular flexibility index (Phi) is 19.4. The van der Waals surface area contributed by atoms with Gasteiger partial charge in [-0.3, -0.25) is 0 Å². The van der Waals surface area contributed by atoms with E-state index in [1.54, 1.807) is 0 Å². The first-order chi connectivity index (χ1) is 12.7. The molecule has 0 bridgehead atoms. The van der Waals surface area contributed by atoms with Gasteiger partial charge in [0.15, 0.2) is 0 Å². The fourth-order valence-electron chi connectivity index (χ4n) is 3.47. The molecule has 26 heavy (non-hydrogen) atoms. The van der Waals surface area contributed by atoms with Crippen molar-refractivity contribution in [2.24, 2.45) is 11.5 Å². The van der Waals surface area contributed by atoms with Gasteiger partial charge >= 0.3 is 0 Å². The van der Waals surface area contributed by atoms with Gasteiger partial charge in [0.25, 0.3) is 0 Å². The van der Waals surface area contributed by atoms with Crippen LogP contribution in [0.2, 0.25) is 0 Å².